The molecule has 0 unspecified atom stereocenters. The van der Waals surface area contributed by atoms with Gasteiger partial charge >= 0.3 is 0 Å². The maximum absolute atomic E-state index is 11.6. The zero-order chi connectivity index (χ0) is 15.2. The number of hydrogen-bond donors (Lipinski definition) is 2. The normalized spacial score (nSPS) is 15.8. The summed E-state index contributed by atoms with van der Waals surface area (Å²) >= 11 is 0. The smallest absolute Gasteiger partial charge is 0.242 e. The summed E-state index contributed by atoms with van der Waals surface area (Å²) in [6.07, 6.45) is 3.97. The molecule has 2 rings (SSSR count). The quantitative estimate of drug-likeness (QED) is 0.834. The second-order valence-electron chi connectivity index (χ2n) is 5.14. The number of amides is 1. The highest BCUT2D eigenvalue weighted by Crippen LogP contribution is 2.30. The van der Waals surface area contributed by atoms with Crippen LogP contribution < -0.4 is 20.7 Å². The molecule has 0 saturated carbocycles. The minimum absolute atomic E-state index is 0.0742. The molecule has 1 amide bonds. The van der Waals surface area contributed by atoms with E-state index in [1.807, 2.05) is 6.92 Å². The van der Waals surface area contributed by atoms with Gasteiger partial charge in [0.25, 0.3) is 0 Å². The zero-order valence-corrected chi connectivity index (χ0v) is 12.6. The molecule has 0 atom stereocenters. The van der Waals surface area contributed by atoms with Crippen LogP contribution in [0.25, 0.3) is 0 Å². The Bertz CT molecular complexity index is 486. The molecule has 7 heteroatoms. The molecular weight excluding hydrogens is 270 g/mol. The molecule has 0 aliphatic carbocycles. The molecule has 2 heterocycles. The average Bonchev–Trinajstić information content (AvgIpc) is 2.53. The fourth-order valence-corrected chi connectivity index (χ4v) is 2.49. The molecule has 7 nitrogen and oxygen atoms in total. The molecule has 0 spiro atoms. The minimum atomic E-state index is 0.0742. The molecule has 0 radical (unpaired) electrons. The topological polar surface area (TPSA) is 93.4 Å². The van der Waals surface area contributed by atoms with Crippen molar-refractivity contribution in [3.05, 3.63) is 6.33 Å². The van der Waals surface area contributed by atoms with E-state index in [1.165, 1.54) is 6.33 Å². The number of nitrogen functional groups attached to an aromatic ring is 1. The third kappa shape index (κ3) is 3.53. The summed E-state index contributed by atoms with van der Waals surface area (Å²) in [5, 5.41) is 2.71. The van der Waals surface area contributed by atoms with Gasteiger partial charge in [-0.25, -0.2) is 4.98 Å². The van der Waals surface area contributed by atoms with E-state index in [0.29, 0.717) is 24.0 Å². The van der Waals surface area contributed by atoms with E-state index >= 15 is 0 Å². The van der Waals surface area contributed by atoms with Gasteiger partial charge in [-0.15, -0.1) is 0 Å². The van der Waals surface area contributed by atoms with Crippen molar-refractivity contribution in [2.24, 2.45) is 5.92 Å². The molecule has 1 aliphatic rings. The fourth-order valence-electron chi connectivity index (χ4n) is 2.49. The van der Waals surface area contributed by atoms with Crippen molar-refractivity contribution < 1.29 is 9.53 Å². The second kappa shape index (κ2) is 7.10. The number of aromatic nitrogens is 2. The molecule has 0 aromatic carbocycles. The van der Waals surface area contributed by atoms with E-state index in [1.54, 1.807) is 7.05 Å². The lowest BCUT2D eigenvalue weighted by atomic mass is 9.96. The highest BCUT2D eigenvalue weighted by molar-refractivity contribution is 5.78. The van der Waals surface area contributed by atoms with Crippen LogP contribution in [0.5, 0.6) is 5.88 Å². The van der Waals surface area contributed by atoms with Crippen LogP contribution in [0.2, 0.25) is 0 Å². The Balaban J connectivity index is 2.04. The van der Waals surface area contributed by atoms with E-state index in [-0.39, 0.29) is 11.8 Å². The molecule has 116 valence electrons. The number of nitrogens with two attached hydrogens (primary N) is 1. The highest BCUT2D eigenvalue weighted by Gasteiger charge is 2.26. The second-order valence-corrected chi connectivity index (χ2v) is 5.14. The van der Waals surface area contributed by atoms with E-state index in [4.69, 9.17) is 10.5 Å². The van der Waals surface area contributed by atoms with Crippen molar-refractivity contribution in [3.8, 4) is 5.88 Å². The Labute approximate surface area is 124 Å². The summed E-state index contributed by atoms with van der Waals surface area (Å²) < 4.78 is 5.53. The maximum Gasteiger partial charge on any atom is 0.242 e. The van der Waals surface area contributed by atoms with Crippen LogP contribution >= 0.6 is 0 Å². The lowest BCUT2D eigenvalue weighted by Gasteiger charge is -2.32. The Morgan fingerprint density at radius 1 is 1.48 bits per heavy atom. The zero-order valence-electron chi connectivity index (χ0n) is 12.6. The third-order valence-corrected chi connectivity index (χ3v) is 3.68. The van der Waals surface area contributed by atoms with Crippen molar-refractivity contribution in [1.29, 1.82) is 0 Å². The van der Waals surface area contributed by atoms with Crippen LogP contribution in [-0.4, -0.2) is 42.6 Å². The third-order valence-electron chi connectivity index (χ3n) is 3.68. The predicted octanol–water partition coefficient (Wildman–Crippen LogP) is 0.810. The van der Waals surface area contributed by atoms with E-state index in [9.17, 15) is 4.79 Å². The van der Waals surface area contributed by atoms with Gasteiger partial charge in [-0.1, -0.05) is 6.92 Å². The van der Waals surface area contributed by atoms with E-state index in [0.717, 1.165) is 32.4 Å². The molecular formula is C14H23N5O2. The van der Waals surface area contributed by atoms with Crippen LogP contribution in [-0.2, 0) is 4.79 Å². The van der Waals surface area contributed by atoms with Crippen molar-refractivity contribution in [1.82, 2.24) is 15.3 Å². The monoisotopic (exact) mass is 293 g/mol. The minimum Gasteiger partial charge on any atom is -0.476 e. The number of nitrogens with one attached hydrogen (secondary N) is 1. The molecule has 1 fully saturated rings. The SMILES string of the molecule is CCCOc1ncnc(N2CCC(C(=O)NC)CC2)c1N. The van der Waals surface area contributed by atoms with Crippen LogP contribution in [0, 0.1) is 5.92 Å². The van der Waals surface area contributed by atoms with Crippen LogP contribution in [0.1, 0.15) is 26.2 Å². The standard InChI is InChI=1S/C14H23N5O2/c1-3-8-21-14-11(15)12(17-9-18-14)19-6-4-10(5-7-19)13(20)16-2/h9-10H,3-8,15H2,1-2H3,(H,16,20). The first-order valence-corrected chi connectivity index (χ1v) is 7.37. The summed E-state index contributed by atoms with van der Waals surface area (Å²) in [5.74, 6) is 1.32. The summed E-state index contributed by atoms with van der Waals surface area (Å²) in [6, 6.07) is 0. The number of nitrogens with zero attached hydrogens (tertiary/aromatic N) is 3. The Kier molecular flexibility index (Phi) is 5.19. The first-order chi connectivity index (χ1) is 10.2. The number of ether oxygens (including phenoxy) is 1. The molecule has 21 heavy (non-hydrogen) atoms. The number of carbonyl (C=O) groups excluding carboxylic acids is 1. The number of hydrogen-bond acceptors (Lipinski definition) is 6. The van der Waals surface area contributed by atoms with Crippen molar-refractivity contribution in [2.45, 2.75) is 26.2 Å². The number of rotatable bonds is 5. The van der Waals surface area contributed by atoms with Crippen LogP contribution in [0.4, 0.5) is 11.5 Å². The van der Waals surface area contributed by atoms with Crippen molar-refractivity contribution >= 4 is 17.4 Å². The fraction of sp³-hybridized carbons (Fsp3) is 0.643. The highest BCUT2D eigenvalue weighted by atomic mass is 16.5. The largest absolute Gasteiger partial charge is 0.476 e. The Morgan fingerprint density at radius 3 is 2.81 bits per heavy atom. The number of carbonyl (C=O) groups is 1. The van der Waals surface area contributed by atoms with Gasteiger partial charge in [0.2, 0.25) is 11.8 Å². The lowest BCUT2D eigenvalue weighted by Crippen LogP contribution is -2.40. The molecule has 1 aromatic heterocycles. The Morgan fingerprint density at radius 2 is 2.19 bits per heavy atom. The first kappa shape index (κ1) is 15.3. The van der Waals surface area contributed by atoms with Crippen molar-refractivity contribution in [3.63, 3.8) is 0 Å². The molecule has 1 saturated heterocycles. The Hall–Kier alpha value is -2.05. The summed E-state index contributed by atoms with van der Waals surface area (Å²) in [4.78, 5) is 22.1. The lowest BCUT2D eigenvalue weighted by molar-refractivity contribution is -0.125. The molecule has 3 N–H and O–H groups in total. The van der Waals surface area contributed by atoms with Gasteiger partial charge < -0.3 is 20.7 Å². The van der Waals surface area contributed by atoms with E-state index < -0.39 is 0 Å². The van der Waals surface area contributed by atoms with Gasteiger partial charge in [-0.05, 0) is 19.3 Å². The molecule has 1 aromatic rings. The first-order valence-electron chi connectivity index (χ1n) is 7.37. The molecule has 0 bridgehead atoms. The maximum atomic E-state index is 11.6. The van der Waals surface area contributed by atoms with Crippen LogP contribution in [0.3, 0.4) is 0 Å². The van der Waals surface area contributed by atoms with E-state index in [2.05, 4.69) is 20.2 Å². The van der Waals surface area contributed by atoms with Gasteiger partial charge in [-0.3, -0.25) is 4.79 Å². The van der Waals surface area contributed by atoms with Gasteiger partial charge in [0.15, 0.2) is 5.82 Å². The summed E-state index contributed by atoms with van der Waals surface area (Å²) in [6.45, 7) is 4.13. The number of piperidine rings is 1. The number of anilines is 2. The molecule has 1 aliphatic heterocycles. The van der Waals surface area contributed by atoms with Gasteiger partial charge in [-0.2, -0.15) is 4.98 Å². The summed E-state index contributed by atoms with van der Waals surface area (Å²) in [5.41, 5.74) is 6.58. The summed E-state index contributed by atoms with van der Waals surface area (Å²) in [7, 11) is 1.68. The van der Waals surface area contributed by atoms with Gasteiger partial charge in [0, 0.05) is 26.1 Å². The average molecular weight is 293 g/mol. The van der Waals surface area contributed by atoms with Gasteiger partial charge in [0.05, 0.1) is 6.61 Å². The predicted molar refractivity (Wildman–Crippen MR) is 81.2 cm³/mol. The van der Waals surface area contributed by atoms with Crippen LogP contribution in [0.15, 0.2) is 6.33 Å². The van der Waals surface area contributed by atoms with Crippen molar-refractivity contribution in [2.75, 3.05) is 37.4 Å². The van der Waals surface area contributed by atoms with Gasteiger partial charge in [0.1, 0.15) is 12.0 Å².